The number of hydrogen-bond donors (Lipinski definition) is 0. The topological polar surface area (TPSA) is 43.4 Å². The van der Waals surface area contributed by atoms with Crippen molar-refractivity contribution in [2.75, 3.05) is 0 Å². The van der Waals surface area contributed by atoms with E-state index in [-0.39, 0.29) is 5.97 Å². The molecule has 66 valence electrons. The van der Waals surface area contributed by atoms with E-state index in [1.165, 1.54) is 0 Å². The van der Waals surface area contributed by atoms with Gasteiger partial charge in [-0.15, -0.1) is 0 Å². The molecule has 0 atom stereocenters. The number of hydrogen-bond acceptors (Lipinski definition) is 3. The van der Waals surface area contributed by atoms with Crippen LogP contribution in [-0.2, 0) is 11.3 Å². The number of fused-ring (bicyclic) bond motifs is 1. The minimum Gasteiger partial charge on any atom is -0.457 e. The van der Waals surface area contributed by atoms with Gasteiger partial charge in [0.05, 0.1) is 5.56 Å². The van der Waals surface area contributed by atoms with Crippen LogP contribution in [0, 0.1) is 0 Å². The first-order valence-corrected chi connectivity index (χ1v) is 4.46. The molecule has 4 heteroatoms. The maximum absolute atomic E-state index is 11.1. The van der Waals surface area contributed by atoms with E-state index >= 15 is 0 Å². The summed E-state index contributed by atoms with van der Waals surface area (Å²) in [5, 5.41) is 0. The normalized spacial score (nSPS) is 13.8. The summed E-state index contributed by atoms with van der Waals surface area (Å²) in [6.07, 6.45) is 0.704. The zero-order chi connectivity index (χ0) is 9.42. The number of cyclic esters (lactones) is 1. The van der Waals surface area contributed by atoms with Gasteiger partial charge in [-0.05, 0) is 12.1 Å². The molecule has 13 heavy (non-hydrogen) atoms. The lowest BCUT2D eigenvalue weighted by molar-refractivity contribution is 0.0535. The summed E-state index contributed by atoms with van der Waals surface area (Å²) in [6.45, 7) is 0.298. The van der Waals surface area contributed by atoms with Crippen LogP contribution in [0.1, 0.15) is 26.3 Å². The van der Waals surface area contributed by atoms with Crippen LogP contribution in [0.3, 0.4) is 0 Å². The Hall–Kier alpha value is -1.16. The van der Waals surface area contributed by atoms with Gasteiger partial charge in [0.15, 0.2) is 6.29 Å². The third-order valence-corrected chi connectivity index (χ3v) is 2.61. The highest BCUT2D eigenvalue weighted by Crippen LogP contribution is 2.26. The Labute approximate surface area is 82.8 Å². The summed E-state index contributed by atoms with van der Waals surface area (Å²) in [4.78, 5) is 21.6. The molecule has 0 saturated carbocycles. The lowest BCUT2D eigenvalue weighted by atomic mass is 10.1. The molecule has 0 N–H and O–H groups in total. The Bertz CT molecular complexity index is 398. The summed E-state index contributed by atoms with van der Waals surface area (Å²) in [5.41, 5.74) is 1.78. The number of benzene rings is 1. The van der Waals surface area contributed by atoms with E-state index in [0.29, 0.717) is 28.5 Å². The molecule has 0 saturated heterocycles. The summed E-state index contributed by atoms with van der Waals surface area (Å²) in [7, 11) is 0. The van der Waals surface area contributed by atoms with Crippen LogP contribution in [0.4, 0.5) is 0 Å². The lowest BCUT2D eigenvalue weighted by Gasteiger charge is -1.98. The van der Waals surface area contributed by atoms with Gasteiger partial charge in [-0.25, -0.2) is 4.79 Å². The molecule has 0 aliphatic carbocycles. The van der Waals surface area contributed by atoms with E-state index in [9.17, 15) is 9.59 Å². The molecule has 0 bridgehead atoms. The Morgan fingerprint density at radius 2 is 2.23 bits per heavy atom. The fraction of sp³-hybridized carbons (Fsp3) is 0.111. The number of aldehydes is 1. The van der Waals surface area contributed by atoms with Crippen LogP contribution in [0.2, 0.25) is 0 Å². The van der Waals surface area contributed by atoms with Crippen LogP contribution >= 0.6 is 15.9 Å². The van der Waals surface area contributed by atoms with Crippen molar-refractivity contribution in [1.29, 1.82) is 0 Å². The summed E-state index contributed by atoms with van der Waals surface area (Å²) >= 11 is 3.23. The van der Waals surface area contributed by atoms with Gasteiger partial charge in [-0.3, -0.25) is 4.79 Å². The first-order chi connectivity index (χ1) is 6.22. The minimum absolute atomic E-state index is 0.298. The highest BCUT2D eigenvalue weighted by molar-refractivity contribution is 9.10. The molecule has 1 aromatic rings. The first kappa shape index (κ1) is 8.44. The lowest BCUT2D eigenvalue weighted by Crippen LogP contribution is -1.95. The van der Waals surface area contributed by atoms with Gasteiger partial charge in [0.2, 0.25) is 0 Å². The second-order valence-corrected chi connectivity index (χ2v) is 3.58. The number of halogens is 1. The molecule has 1 aromatic carbocycles. The van der Waals surface area contributed by atoms with Crippen molar-refractivity contribution < 1.29 is 14.3 Å². The minimum atomic E-state index is -0.356. The van der Waals surface area contributed by atoms with Gasteiger partial charge in [-0.1, -0.05) is 15.9 Å². The second kappa shape index (κ2) is 2.96. The molecule has 1 heterocycles. The van der Waals surface area contributed by atoms with E-state index in [2.05, 4.69) is 15.9 Å². The van der Waals surface area contributed by atoms with Crippen molar-refractivity contribution in [2.45, 2.75) is 6.61 Å². The molecule has 2 rings (SSSR count). The van der Waals surface area contributed by atoms with Crippen molar-refractivity contribution in [3.63, 3.8) is 0 Å². The van der Waals surface area contributed by atoms with Crippen molar-refractivity contribution in [2.24, 2.45) is 0 Å². The smallest absolute Gasteiger partial charge is 0.338 e. The van der Waals surface area contributed by atoms with Crippen LogP contribution in [0.25, 0.3) is 0 Å². The molecule has 0 aromatic heterocycles. The van der Waals surface area contributed by atoms with Crippen LogP contribution in [-0.4, -0.2) is 12.3 Å². The first-order valence-electron chi connectivity index (χ1n) is 3.67. The number of carbonyl (C=O) groups is 2. The van der Waals surface area contributed by atoms with Gasteiger partial charge in [0.1, 0.15) is 6.61 Å². The molecule has 0 fully saturated rings. The van der Waals surface area contributed by atoms with Crippen molar-refractivity contribution in [1.82, 2.24) is 0 Å². The van der Waals surface area contributed by atoms with Crippen LogP contribution in [0.5, 0.6) is 0 Å². The average Bonchev–Trinajstić information content (AvgIpc) is 2.46. The van der Waals surface area contributed by atoms with Gasteiger partial charge in [-0.2, -0.15) is 0 Å². The third-order valence-electron chi connectivity index (χ3n) is 1.93. The Morgan fingerprint density at radius 1 is 1.46 bits per heavy atom. The quantitative estimate of drug-likeness (QED) is 0.557. The molecule has 0 amide bonds. The summed E-state index contributed by atoms with van der Waals surface area (Å²) < 4.78 is 5.50. The Morgan fingerprint density at radius 3 is 2.92 bits per heavy atom. The van der Waals surface area contributed by atoms with Gasteiger partial charge in [0.25, 0.3) is 0 Å². The maximum Gasteiger partial charge on any atom is 0.338 e. The number of esters is 1. The maximum atomic E-state index is 11.1. The highest BCUT2D eigenvalue weighted by Gasteiger charge is 2.22. The standard InChI is InChI=1S/C9H5BrO3/c10-8-2-6-4-13-9(12)7(6)1-5(8)3-11/h1-3H,4H2. The molecule has 0 spiro atoms. The molecule has 1 aliphatic heterocycles. The number of rotatable bonds is 1. The van der Waals surface area contributed by atoms with E-state index in [0.717, 1.165) is 5.56 Å². The summed E-state index contributed by atoms with van der Waals surface area (Å²) in [5.74, 6) is -0.356. The summed E-state index contributed by atoms with van der Waals surface area (Å²) in [6, 6.07) is 3.28. The van der Waals surface area contributed by atoms with Crippen molar-refractivity contribution in [3.8, 4) is 0 Å². The molecule has 1 aliphatic rings. The van der Waals surface area contributed by atoms with E-state index < -0.39 is 0 Å². The van der Waals surface area contributed by atoms with E-state index in [4.69, 9.17) is 4.74 Å². The van der Waals surface area contributed by atoms with Crippen LogP contribution < -0.4 is 0 Å². The SMILES string of the molecule is O=Cc1cc2c(cc1Br)COC2=O. The fourth-order valence-electron chi connectivity index (χ4n) is 1.25. The van der Waals surface area contributed by atoms with Gasteiger partial charge in [0, 0.05) is 15.6 Å². The molecule has 0 unspecified atom stereocenters. The number of carbonyl (C=O) groups excluding carboxylic acids is 2. The molecular formula is C9H5BrO3. The van der Waals surface area contributed by atoms with Gasteiger partial charge < -0.3 is 4.74 Å². The predicted octanol–water partition coefficient (Wildman–Crippen LogP) is 1.93. The average molecular weight is 241 g/mol. The largest absolute Gasteiger partial charge is 0.457 e. The second-order valence-electron chi connectivity index (χ2n) is 2.72. The zero-order valence-corrected chi connectivity index (χ0v) is 8.13. The highest BCUT2D eigenvalue weighted by atomic mass is 79.9. The Balaban J connectivity index is 2.63. The molecular weight excluding hydrogens is 236 g/mol. The zero-order valence-electron chi connectivity index (χ0n) is 6.54. The van der Waals surface area contributed by atoms with Gasteiger partial charge >= 0.3 is 5.97 Å². The van der Waals surface area contributed by atoms with Crippen LogP contribution in [0.15, 0.2) is 16.6 Å². The Kier molecular flexibility index (Phi) is 1.92. The predicted molar refractivity (Wildman–Crippen MR) is 48.6 cm³/mol. The third kappa shape index (κ3) is 1.27. The van der Waals surface area contributed by atoms with Crippen molar-refractivity contribution >= 4 is 28.2 Å². The monoisotopic (exact) mass is 240 g/mol. The van der Waals surface area contributed by atoms with E-state index in [1.807, 2.05) is 0 Å². The molecule has 0 radical (unpaired) electrons. The molecule has 3 nitrogen and oxygen atoms in total. The van der Waals surface area contributed by atoms with Crippen molar-refractivity contribution in [3.05, 3.63) is 33.3 Å². The fourth-order valence-corrected chi connectivity index (χ4v) is 1.74. The number of ether oxygens (including phenoxy) is 1. The van der Waals surface area contributed by atoms with E-state index in [1.54, 1.807) is 12.1 Å².